The van der Waals surface area contributed by atoms with Gasteiger partial charge in [-0.05, 0) is 31.9 Å². The molecule has 26 heavy (non-hydrogen) atoms. The van der Waals surface area contributed by atoms with Crippen molar-refractivity contribution in [1.29, 1.82) is 0 Å². The summed E-state index contributed by atoms with van der Waals surface area (Å²) in [4.78, 5) is 0.258. The van der Waals surface area contributed by atoms with Gasteiger partial charge in [-0.1, -0.05) is 48.5 Å². The fourth-order valence-corrected chi connectivity index (χ4v) is 4.95. The Hall–Kier alpha value is -2.60. The Bertz CT molecular complexity index is 1040. The summed E-state index contributed by atoms with van der Waals surface area (Å²) in [6.45, 7) is 4.44. The molecular weight excluding hydrogens is 346 g/mol. The first kappa shape index (κ1) is 16.8. The lowest BCUT2D eigenvalue weighted by atomic mass is 10.2. The van der Waals surface area contributed by atoms with Gasteiger partial charge in [-0.2, -0.15) is 5.10 Å². The smallest absolute Gasteiger partial charge is 0.268 e. The Morgan fingerprint density at radius 2 is 1.69 bits per heavy atom. The molecule has 0 radical (unpaired) electrons. The molecular formula is C20H21N3O2S. The van der Waals surface area contributed by atoms with Crippen LogP contribution in [0.3, 0.4) is 0 Å². The predicted octanol–water partition coefficient (Wildman–Crippen LogP) is 3.88. The summed E-state index contributed by atoms with van der Waals surface area (Å²) in [6, 6.07) is 17.2. The van der Waals surface area contributed by atoms with Gasteiger partial charge >= 0.3 is 0 Å². The molecule has 0 N–H and O–H groups in total. The Morgan fingerprint density at radius 1 is 1.00 bits per heavy atom. The van der Waals surface area contributed by atoms with Crippen molar-refractivity contribution in [3.63, 3.8) is 0 Å². The van der Waals surface area contributed by atoms with Crippen molar-refractivity contribution in [3.05, 3.63) is 66.4 Å². The molecule has 0 atom stereocenters. The van der Waals surface area contributed by atoms with Crippen LogP contribution in [0, 0.1) is 0 Å². The molecule has 2 aromatic carbocycles. The number of anilines is 1. The molecule has 134 valence electrons. The Morgan fingerprint density at radius 3 is 2.42 bits per heavy atom. The van der Waals surface area contributed by atoms with Gasteiger partial charge in [0.2, 0.25) is 0 Å². The van der Waals surface area contributed by atoms with Crippen LogP contribution in [-0.2, 0) is 16.4 Å². The molecule has 0 aliphatic carbocycles. The quantitative estimate of drug-likeness (QED) is 0.703. The van der Waals surface area contributed by atoms with Crippen LogP contribution < -0.4 is 4.31 Å². The predicted molar refractivity (Wildman–Crippen MR) is 103 cm³/mol. The average molecular weight is 367 g/mol. The van der Waals surface area contributed by atoms with E-state index in [2.05, 4.69) is 5.10 Å². The highest BCUT2D eigenvalue weighted by Gasteiger charge is 2.34. The molecule has 3 aromatic rings. The van der Waals surface area contributed by atoms with Gasteiger partial charge < -0.3 is 0 Å². The highest BCUT2D eigenvalue weighted by atomic mass is 32.2. The highest BCUT2D eigenvalue weighted by Crippen LogP contribution is 2.36. The maximum absolute atomic E-state index is 13.5. The molecule has 2 heterocycles. The second kappa shape index (κ2) is 6.29. The van der Waals surface area contributed by atoms with Gasteiger partial charge in [0.25, 0.3) is 10.0 Å². The molecule has 0 bridgehead atoms. The fraction of sp³-hybridized carbons (Fsp3) is 0.250. The van der Waals surface area contributed by atoms with Crippen molar-refractivity contribution in [3.8, 4) is 11.3 Å². The molecule has 5 nitrogen and oxygen atoms in total. The van der Waals surface area contributed by atoms with E-state index in [0.717, 1.165) is 23.2 Å². The molecule has 0 saturated heterocycles. The third kappa shape index (κ3) is 2.70. The molecule has 0 unspecified atom stereocenters. The number of hydrogen-bond donors (Lipinski definition) is 0. The van der Waals surface area contributed by atoms with Crippen molar-refractivity contribution in [1.82, 2.24) is 9.78 Å². The minimum absolute atomic E-state index is 0.0762. The van der Waals surface area contributed by atoms with Crippen LogP contribution in [0.1, 0.15) is 25.5 Å². The molecule has 4 rings (SSSR count). The first-order valence-electron chi connectivity index (χ1n) is 8.73. The number of sulfonamides is 1. The Balaban J connectivity index is 1.87. The highest BCUT2D eigenvalue weighted by molar-refractivity contribution is 7.93. The summed E-state index contributed by atoms with van der Waals surface area (Å²) in [6.07, 6.45) is 2.39. The number of para-hydroxylation sites is 1. The molecule has 0 fully saturated rings. The molecule has 6 heteroatoms. The summed E-state index contributed by atoms with van der Waals surface area (Å²) in [5.74, 6) is 0. The lowest BCUT2D eigenvalue weighted by molar-refractivity contribution is 0.532. The normalized spacial score (nSPS) is 14.0. The van der Waals surface area contributed by atoms with Crippen molar-refractivity contribution in [2.75, 3.05) is 10.8 Å². The number of hydrogen-bond acceptors (Lipinski definition) is 3. The van der Waals surface area contributed by atoms with Crippen LogP contribution in [0.5, 0.6) is 0 Å². The number of nitrogens with zero attached hydrogens (tertiary/aromatic N) is 3. The number of rotatable bonds is 4. The van der Waals surface area contributed by atoms with E-state index in [-0.39, 0.29) is 10.9 Å². The molecule has 0 amide bonds. The third-order valence-corrected chi connectivity index (χ3v) is 6.50. The molecule has 0 saturated carbocycles. The van der Waals surface area contributed by atoms with Gasteiger partial charge in [0.15, 0.2) is 0 Å². The van der Waals surface area contributed by atoms with E-state index in [0.29, 0.717) is 12.2 Å². The van der Waals surface area contributed by atoms with E-state index < -0.39 is 10.0 Å². The SMILES string of the molecule is CC(C)n1cc(S(=O)(=O)N2CCc3ccccc32)c(-c2ccccc2)n1. The standard InChI is InChI=1S/C20H21N3O2S/c1-15(2)22-14-19(20(21-22)17-9-4-3-5-10-17)26(24,25)23-13-12-16-8-6-7-11-18(16)23/h3-11,14-15H,12-13H2,1-2H3. The van der Waals surface area contributed by atoms with Crippen molar-refractivity contribution >= 4 is 15.7 Å². The van der Waals surface area contributed by atoms with Crippen molar-refractivity contribution in [2.24, 2.45) is 0 Å². The maximum atomic E-state index is 13.5. The van der Waals surface area contributed by atoms with Crippen LogP contribution in [0.25, 0.3) is 11.3 Å². The molecule has 0 spiro atoms. The summed E-state index contributed by atoms with van der Waals surface area (Å²) < 4.78 is 30.2. The van der Waals surface area contributed by atoms with Gasteiger partial charge in [-0.15, -0.1) is 0 Å². The third-order valence-electron chi connectivity index (χ3n) is 4.69. The van der Waals surface area contributed by atoms with E-state index in [4.69, 9.17) is 0 Å². The van der Waals surface area contributed by atoms with Gasteiger partial charge in [-0.3, -0.25) is 8.99 Å². The largest absolute Gasteiger partial charge is 0.268 e. The minimum atomic E-state index is -3.69. The molecule has 1 aliphatic heterocycles. The Labute approximate surface area is 153 Å². The summed E-state index contributed by atoms with van der Waals surface area (Å²) in [5, 5.41) is 4.58. The van der Waals surface area contributed by atoms with Crippen LogP contribution in [0.15, 0.2) is 65.7 Å². The maximum Gasteiger partial charge on any atom is 0.268 e. The Kier molecular flexibility index (Phi) is 4.07. The summed E-state index contributed by atoms with van der Waals surface area (Å²) >= 11 is 0. The topological polar surface area (TPSA) is 55.2 Å². The number of aromatic nitrogens is 2. The monoisotopic (exact) mass is 367 g/mol. The van der Waals surface area contributed by atoms with Gasteiger partial charge in [0.05, 0.1) is 5.69 Å². The molecule has 1 aromatic heterocycles. The first-order valence-corrected chi connectivity index (χ1v) is 10.2. The van der Waals surface area contributed by atoms with E-state index in [1.165, 1.54) is 4.31 Å². The zero-order valence-corrected chi connectivity index (χ0v) is 15.6. The van der Waals surface area contributed by atoms with Crippen molar-refractivity contribution < 1.29 is 8.42 Å². The zero-order valence-electron chi connectivity index (χ0n) is 14.8. The van der Waals surface area contributed by atoms with E-state index in [1.54, 1.807) is 10.9 Å². The van der Waals surface area contributed by atoms with E-state index in [9.17, 15) is 8.42 Å². The molecule has 1 aliphatic rings. The van der Waals surface area contributed by atoms with Gasteiger partial charge in [-0.25, -0.2) is 8.42 Å². The van der Waals surface area contributed by atoms with E-state index >= 15 is 0 Å². The van der Waals surface area contributed by atoms with Gasteiger partial charge in [0, 0.05) is 24.3 Å². The van der Waals surface area contributed by atoms with E-state index in [1.807, 2.05) is 68.4 Å². The number of fused-ring (bicyclic) bond motifs is 1. The lowest BCUT2D eigenvalue weighted by Gasteiger charge is -2.19. The lowest BCUT2D eigenvalue weighted by Crippen LogP contribution is -2.29. The second-order valence-corrected chi connectivity index (χ2v) is 8.57. The first-order chi connectivity index (χ1) is 12.5. The van der Waals surface area contributed by atoms with Crippen molar-refractivity contribution in [2.45, 2.75) is 31.2 Å². The number of benzene rings is 2. The summed E-state index contributed by atoms with van der Waals surface area (Å²) in [5.41, 5.74) is 3.14. The van der Waals surface area contributed by atoms with Crippen LogP contribution in [0.2, 0.25) is 0 Å². The van der Waals surface area contributed by atoms with Crippen LogP contribution >= 0.6 is 0 Å². The zero-order chi connectivity index (χ0) is 18.3. The van der Waals surface area contributed by atoms with Gasteiger partial charge in [0.1, 0.15) is 10.6 Å². The van der Waals surface area contributed by atoms with Crippen LogP contribution in [0.4, 0.5) is 5.69 Å². The average Bonchev–Trinajstić information content (AvgIpc) is 3.28. The fourth-order valence-electron chi connectivity index (χ4n) is 3.30. The minimum Gasteiger partial charge on any atom is -0.268 e. The van der Waals surface area contributed by atoms with Crippen LogP contribution in [-0.4, -0.2) is 24.7 Å². The summed E-state index contributed by atoms with van der Waals surface area (Å²) in [7, 11) is -3.69. The second-order valence-electron chi connectivity index (χ2n) is 6.74.